The summed E-state index contributed by atoms with van der Waals surface area (Å²) < 4.78 is 36.4. The average molecular weight is 212 g/mol. The Balaban J connectivity index is 2.52. The minimum atomic E-state index is -4.43. The van der Waals surface area contributed by atoms with E-state index in [1.165, 1.54) is 17.6 Å². The van der Waals surface area contributed by atoms with Gasteiger partial charge in [-0.1, -0.05) is 18.2 Å². The molecule has 5 heteroatoms. The van der Waals surface area contributed by atoms with Crippen LogP contribution in [0.1, 0.15) is 0 Å². The Morgan fingerprint density at radius 1 is 1.07 bits per heavy atom. The summed E-state index contributed by atoms with van der Waals surface area (Å²) in [6.07, 6.45) is -3.08. The Morgan fingerprint density at radius 2 is 1.80 bits per heavy atom. The molecule has 0 bridgehead atoms. The van der Waals surface area contributed by atoms with Gasteiger partial charge in [0.05, 0.1) is 11.2 Å². The summed E-state index contributed by atoms with van der Waals surface area (Å²) >= 11 is 0. The van der Waals surface area contributed by atoms with E-state index in [0.29, 0.717) is 10.9 Å². The molecule has 0 saturated heterocycles. The normalized spacial score (nSPS) is 11.7. The lowest BCUT2D eigenvalue weighted by Gasteiger charge is -2.11. The number of halogens is 3. The maximum absolute atomic E-state index is 12.1. The second kappa shape index (κ2) is 3.42. The molecule has 2 rings (SSSR count). The summed E-state index contributed by atoms with van der Waals surface area (Å²) in [7, 11) is 0. The van der Waals surface area contributed by atoms with Crippen molar-refractivity contribution in [2.75, 3.05) is 5.32 Å². The molecule has 0 fully saturated rings. The van der Waals surface area contributed by atoms with Crippen molar-refractivity contribution in [3.63, 3.8) is 0 Å². The molecular formula is C10H7F3N2. The van der Waals surface area contributed by atoms with Gasteiger partial charge in [0.15, 0.2) is 0 Å². The molecule has 1 N–H and O–H groups in total. The molecule has 0 aliphatic heterocycles. The first-order chi connectivity index (χ1) is 7.06. The first kappa shape index (κ1) is 9.76. The summed E-state index contributed by atoms with van der Waals surface area (Å²) in [5, 5.41) is 1.94. The van der Waals surface area contributed by atoms with Crippen molar-refractivity contribution in [2.45, 2.75) is 6.30 Å². The number of nitrogens with zero attached hydrogens (tertiary/aromatic N) is 1. The van der Waals surface area contributed by atoms with E-state index in [4.69, 9.17) is 0 Å². The minimum Gasteiger partial charge on any atom is -0.297 e. The lowest BCUT2D eigenvalue weighted by atomic mass is 10.2. The van der Waals surface area contributed by atoms with Crippen molar-refractivity contribution < 1.29 is 13.2 Å². The molecule has 0 saturated carbocycles. The lowest BCUT2D eigenvalue weighted by molar-refractivity contribution is -0.0998. The van der Waals surface area contributed by atoms with Gasteiger partial charge in [0.25, 0.3) is 0 Å². The Hall–Kier alpha value is -1.78. The van der Waals surface area contributed by atoms with Gasteiger partial charge < -0.3 is 0 Å². The SMILES string of the molecule is FC(F)(F)Nc1ccnc2ccccc12. The number of hydrogen-bond donors (Lipinski definition) is 1. The van der Waals surface area contributed by atoms with Gasteiger partial charge in [0, 0.05) is 11.6 Å². The van der Waals surface area contributed by atoms with Crippen LogP contribution in [0.2, 0.25) is 0 Å². The molecule has 2 aromatic rings. The summed E-state index contributed by atoms with van der Waals surface area (Å²) in [5.41, 5.74) is 0.555. The number of fused-ring (bicyclic) bond motifs is 1. The highest BCUT2D eigenvalue weighted by atomic mass is 19.4. The zero-order chi connectivity index (χ0) is 10.9. The van der Waals surface area contributed by atoms with Crippen molar-refractivity contribution in [3.05, 3.63) is 36.5 Å². The molecule has 78 valence electrons. The highest BCUT2D eigenvalue weighted by molar-refractivity contribution is 5.90. The summed E-state index contributed by atoms with van der Waals surface area (Å²) in [6.45, 7) is 0. The Labute approximate surface area is 83.7 Å². The van der Waals surface area contributed by atoms with E-state index in [2.05, 4.69) is 4.98 Å². The molecule has 1 aromatic carbocycles. The summed E-state index contributed by atoms with van der Waals surface area (Å²) in [5.74, 6) is 0. The second-order valence-electron chi connectivity index (χ2n) is 3.00. The van der Waals surface area contributed by atoms with E-state index in [1.807, 2.05) is 0 Å². The maximum Gasteiger partial charge on any atom is 0.482 e. The standard InChI is InChI=1S/C10H7F3N2/c11-10(12,13)15-9-5-6-14-8-4-2-1-3-7(8)9/h1-6H,(H,14,15). The van der Waals surface area contributed by atoms with Crippen LogP contribution in [-0.2, 0) is 0 Å². The molecule has 2 nitrogen and oxygen atoms in total. The average Bonchev–Trinajstić information content (AvgIpc) is 2.16. The number of rotatable bonds is 1. The van der Waals surface area contributed by atoms with Crippen molar-refractivity contribution in [1.29, 1.82) is 0 Å². The Morgan fingerprint density at radius 3 is 2.53 bits per heavy atom. The maximum atomic E-state index is 12.1. The Bertz CT molecular complexity index is 474. The molecule has 15 heavy (non-hydrogen) atoms. The van der Waals surface area contributed by atoms with Crippen LogP contribution in [0.5, 0.6) is 0 Å². The third-order valence-corrected chi connectivity index (χ3v) is 1.93. The number of benzene rings is 1. The van der Waals surface area contributed by atoms with Gasteiger partial charge in [-0.15, -0.1) is 0 Å². The van der Waals surface area contributed by atoms with Crippen LogP contribution >= 0.6 is 0 Å². The van der Waals surface area contributed by atoms with Crippen LogP contribution in [0.4, 0.5) is 18.9 Å². The van der Waals surface area contributed by atoms with Crippen LogP contribution in [-0.4, -0.2) is 11.3 Å². The summed E-state index contributed by atoms with van der Waals surface area (Å²) in [4.78, 5) is 3.96. The monoisotopic (exact) mass is 212 g/mol. The fraction of sp³-hybridized carbons (Fsp3) is 0.100. The van der Waals surface area contributed by atoms with Crippen LogP contribution < -0.4 is 5.32 Å². The van der Waals surface area contributed by atoms with E-state index in [1.54, 1.807) is 24.3 Å². The van der Waals surface area contributed by atoms with Gasteiger partial charge in [-0.05, 0) is 12.1 Å². The molecule has 1 heterocycles. The third-order valence-electron chi connectivity index (χ3n) is 1.93. The lowest BCUT2D eigenvalue weighted by Crippen LogP contribution is -2.20. The second-order valence-corrected chi connectivity index (χ2v) is 3.00. The van der Waals surface area contributed by atoms with Crippen molar-refractivity contribution >= 4 is 16.6 Å². The number of alkyl halides is 3. The number of aromatic nitrogens is 1. The molecule has 0 unspecified atom stereocenters. The van der Waals surface area contributed by atoms with E-state index in [0.717, 1.165) is 0 Å². The quantitative estimate of drug-likeness (QED) is 0.734. The van der Waals surface area contributed by atoms with Gasteiger partial charge in [-0.2, -0.15) is 13.2 Å². The zero-order valence-electron chi connectivity index (χ0n) is 7.55. The molecule has 1 aromatic heterocycles. The van der Waals surface area contributed by atoms with Gasteiger partial charge in [0.1, 0.15) is 0 Å². The molecule has 0 spiro atoms. The fourth-order valence-electron chi connectivity index (χ4n) is 1.36. The molecule has 0 aliphatic carbocycles. The van der Waals surface area contributed by atoms with E-state index in [-0.39, 0.29) is 5.69 Å². The van der Waals surface area contributed by atoms with Crippen molar-refractivity contribution in [3.8, 4) is 0 Å². The van der Waals surface area contributed by atoms with Crippen LogP contribution in [0.15, 0.2) is 36.5 Å². The van der Waals surface area contributed by atoms with E-state index in [9.17, 15) is 13.2 Å². The van der Waals surface area contributed by atoms with Crippen LogP contribution in [0, 0.1) is 0 Å². The first-order valence-corrected chi connectivity index (χ1v) is 4.25. The van der Waals surface area contributed by atoms with Crippen LogP contribution in [0.3, 0.4) is 0 Å². The predicted molar refractivity (Wildman–Crippen MR) is 51.4 cm³/mol. The van der Waals surface area contributed by atoms with E-state index >= 15 is 0 Å². The molecular weight excluding hydrogens is 205 g/mol. The topological polar surface area (TPSA) is 24.9 Å². The van der Waals surface area contributed by atoms with E-state index < -0.39 is 6.30 Å². The summed E-state index contributed by atoms with van der Waals surface area (Å²) in [6, 6.07) is 7.96. The van der Waals surface area contributed by atoms with Crippen LogP contribution in [0.25, 0.3) is 10.9 Å². The highest BCUT2D eigenvalue weighted by Crippen LogP contribution is 2.26. The highest BCUT2D eigenvalue weighted by Gasteiger charge is 2.27. The van der Waals surface area contributed by atoms with Gasteiger partial charge in [-0.3, -0.25) is 10.3 Å². The number of anilines is 1. The van der Waals surface area contributed by atoms with Gasteiger partial charge in [-0.25, -0.2) is 0 Å². The predicted octanol–water partition coefficient (Wildman–Crippen LogP) is 3.17. The van der Waals surface area contributed by atoms with Gasteiger partial charge >= 0.3 is 6.30 Å². The third kappa shape index (κ3) is 2.18. The number of hydrogen-bond acceptors (Lipinski definition) is 2. The number of para-hydroxylation sites is 1. The Kier molecular flexibility index (Phi) is 2.22. The minimum absolute atomic E-state index is 0.0214. The van der Waals surface area contributed by atoms with Crippen molar-refractivity contribution in [2.24, 2.45) is 0 Å². The first-order valence-electron chi connectivity index (χ1n) is 4.25. The molecule has 0 aliphatic rings. The number of nitrogens with one attached hydrogen (secondary N) is 1. The number of pyridine rings is 1. The zero-order valence-corrected chi connectivity index (χ0v) is 7.55. The fourth-order valence-corrected chi connectivity index (χ4v) is 1.36. The molecule has 0 amide bonds. The van der Waals surface area contributed by atoms with Gasteiger partial charge in [0.2, 0.25) is 0 Å². The molecule has 0 atom stereocenters. The smallest absolute Gasteiger partial charge is 0.297 e. The van der Waals surface area contributed by atoms with Crippen molar-refractivity contribution in [1.82, 2.24) is 4.98 Å². The molecule has 0 radical (unpaired) electrons. The largest absolute Gasteiger partial charge is 0.482 e.